The zero-order valence-electron chi connectivity index (χ0n) is 17.2. The van der Waals surface area contributed by atoms with Crippen molar-refractivity contribution in [1.29, 1.82) is 0 Å². The number of benzene rings is 2. The second-order valence-corrected chi connectivity index (χ2v) is 9.22. The van der Waals surface area contributed by atoms with E-state index in [-0.39, 0.29) is 21.7 Å². The Hall–Kier alpha value is -3.30. The second kappa shape index (κ2) is 9.46. The molecule has 0 unspecified atom stereocenters. The average molecular weight is 473 g/mol. The fraction of sp³-hybridized carbons (Fsp3) is 0.182. The highest BCUT2D eigenvalue weighted by Gasteiger charge is 2.28. The molecule has 0 saturated heterocycles. The highest BCUT2D eigenvalue weighted by Crippen LogP contribution is 2.33. The molecule has 32 heavy (non-hydrogen) atoms. The topological polar surface area (TPSA) is 99.2 Å². The highest BCUT2D eigenvalue weighted by molar-refractivity contribution is 7.91. The van der Waals surface area contributed by atoms with Gasteiger partial charge in [0.2, 0.25) is 26.6 Å². The van der Waals surface area contributed by atoms with Gasteiger partial charge in [-0.3, -0.25) is 0 Å². The van der Waals surface area contributed by atoms with Crippen LogP contribution in [-0.4, -0.2) is 36.6 Å². The first-order valence-electron chi connectivity index (χ1n) is 9.83. The van der Waals surface area contributed by atoms with Crippen molar-refractivity contribution in [2.24, 2.45) is 0 Å². The Morgan fingerprint density at radius 2 is 1.88 bits per heavy atom. The molecule has 10 heteroatoms. The summed E-state index contributed by atoms with van der Waals surface area (Å²) in [6, 6.07) is 13.0. The number of aromatic nitrogens is 3. The van der Waals surface area contributed by atoms with Crippen molar-refractivity contribution in [2.45, 2.75) is 22.9 Å². The van der Waals surface area contributed by atoms with Gasteiger partial charge >= 0.3 is 0 Å². The van der Waals surface area contributed by atoms with Gasteiger partial charge in [-0.15, -0.1) is 0 Å². The van der Waals surface area contributed by atoms with E-state index in [2.05, 4.69) is 15.3 Å². The molecule has 0 fully saturated rings. The van der Waals surface area contributed by atoms with Crippen molar-refractivity contribution in [3.8, 4) is 17.2 Å². The van der Waals surface area contributed by atoms with Crippen LogP contribution >= 0.6 is 11.6 Å². The van der Waals surface area contributed by atoms with Crippen LogP contribution in [0.4, 0.5) is 5.88 Å². The van der Waals surface area contributed by atoms with E-state index in [1.807, 2.05) is 10.8 Å². The maximum absolute atomic E-state index is 13.3. The number of sulfone groups is 1. The molecule has 4 aromatic rings. The van der Waals surface area contributed by atoms with Crippen LogP contribution in [0.15, 0.2) is 81.6 Å². The van der Waals surface area contributed by atoms with Crippen molar-refractivity contribution in [3.05, 3.63) is 72.3 Å². The lowest BCUT2D eigenvalue weighted by molar-refractivity contribution is 0.415. The van der Waals surface area contributed by atoms with E-state index in [1.54, 1.807) is 43.9 Å². The van der Waals surface area contributed by atoms with E-state index in [0.29, 0.717) is 22.9 Å². The molecule has 0 atom stereocenters. The predicted octanol–water partition coefficient (Wildman–Crippen LogP) is 4.54. The number of oxazole rings is 1. The lowest BCUT2D eigenvalue weighted by Crippen LogP contribution is -2.10. The monoisotopic (exact) mass is 472 g/mol. The van der Waals surface area contributed by atoms with E-state index in [1.165, 1.54) is 24.3 Å². The van der Waals surface area contributed by atoms with Crippen LogP contribution in [0.1, 0.15) is 6.42 Å². The van der Waals surface area contributed by atoms with Gasteiger partial charge in [0.1, 0.15) is 5.75 Å². The SMILES string of the molecule is COc1ccc(-c2nc(S(=O)(=O)c3ccc(Cl)cc3)c(NCCCn3ccnc3)o2)cc1. The number of hydrogen-bond acceptors (Lipinski definition) is 7. The van der Waals surface area contributed by atoms with Crippen LogP contribution in [0.2, 0.25) is 5.02 Å². The van der Waals surface area contributed by atoms with E-state index in [9.17, 15) is 8.42 Å². The smallest absolute Gasteiger partial charge is 0.233 e. The Morgan fingerprint density at radius 1 is 1.12 bits per heavy atom. The first-order chi connectivity index (χ1) is 15.5. The second-order valence-electron chi connectivity index (χ2n) is 6.92. The third-order valence-electron chi connectivity index (χ3n) is 4.75. The van der Waals surface area contributed by atoms with Gasteiger partial charge in [0.15, 0.2) is 0 Å². The Kier molecular flexibility index (Phi) is 6.48. The first-order valence-corrected chi connectivity index (χ1v) is 11.7. The fourth-order valence-corrected chi connectivity index (χ4v) is 4.47. The normalized spacial score (nSPS) is 11.4. The number of nitrogens with zero attached hydrogens (tertiary/aromatic N) is 3. The molecule has 0 aliphatic carbocycles. The van der Waals surface area contributed by atoms with Crippen LogP contribution in [-0.2, 0) is 16.4 Å². The molecule has 0 aliphatic heterocycles. The quantitative estimate of drug-likeness (QED) is 0.357. The Labute approximate surface area is 190 Å². The Morgan fingerprint density at radius 3 is 2.53 bits per heavy atom. The number of halogens is 1. The average Bonchev–Trinajstić information content (AvgIpc) is 3.47. The van der Waals surface area contributed by atoms with E-state index in [0.717, 1.165) is 13.0 Å². The van der Waals surface area contributed by atoms with Crippen LogP contribution in [0, 0.1) is 0 Å². The molecule has 2 aromatic heterocycles. The molecule has 8 nitrogen and oxygen atoms in total. The molecule has 0 bridgehead atoms. The predicted molar refractivity (Wildman–Crippen MR) is 121 cm³/mol. The third kappa shape index (κ3) is 4.79. The van der Waals surface area contributed by atoms with Crippen LogP contribution in [0.5, 0.6) is 5.75 Å². The van der Waals surface area contributed by atoms with Gasteiger partial charge in [-0.25, -0.2) is 13.4 Å². The molecule has 4 rings (SSSR count). The van der Waals surface area contributed by atoms with Gasteiger partial charge in [-0.05, 0) is 55.0 Å². The molecule has 2 aromatic carbocycles. The minimum absolute atomic E-state index is 0.0814. The number of nitrogens with one attached hydrogen (secondary N) is 1. The molecule has 166 valence electrons. The lowest BCUT2D eigenvalue weighted by Gasteiger charge is -2.07. The van der Waals surface area contributed by atoms with Gasteiger partial charge in [0, 0.05) is 36.1 Å². The molecule has 0 saturated carbocycles. The van der Waals surface area contributed by atoms with Crippen molar-refractivity contribution >= 4 is 27.3 Å². The molecule has 0 amide bonds. The van der Waals surface area contributed by atoms with Crippen molar-refractivity contribution in [1.82, 2.24) is 14.5 Å². The largest absolute Gasteiger partial charge is 0.497 e. The summed E-state index contributed by atoms with van der Waals surface area (Å²) in [4.78, 5) is 8.42. The van der Waals surface area contributed by atoms with E-state index < -0.39 is 9.84 Å². The summed E-state index contributed by atoms with van der Waals surface area (Å²) in [6.07, 6.45) is 6.04. The van der Waals surface area contributed by atoms with E-state index in [4.69, 9.17) is 20.8 Å². The Bertz CT molecular complexity index is 1270. The fourth-order valence-electron chi connectivity index (χ4n) is 3.06. The van der Waals surface area contributed by atoms with Crippen LogP contribution < -0.4 is 10.1 Å². The standard InChI is InChI=1S/C22H21ClN4O4S/c1-30-18-7-3-16(4-8-18)20-26-22(32(28,29)19-9-5-17(23)6-10-19)21(31-20)25-11-2-13-27-14-12-24-15-27/h3-10,12,14-15,25H,2,11,13H2,1H3. The number of hydrogen-bond donors (Lipinski definition) is 1. The van der Waals surface area contributed by atoms with Crippen molar-refractivity contribution in [2.75, 3.05) is 19.0 Å². The highest BCUT2D eigenvalue weighted by atomic mass is 35.5. The number of rotatable bonds is 9. The van der Waals surface area contributed by atoms with Crippen LogP contribution in [0.3, 0.4) is 0 Å². The van der Waals surface area contributed by atoms with Crippen molar-refractivity contribution in [3.63, 3.8) is 0 Å². The zero-order valence-corrected chi connectivity index (χ0v) is 18.8. The van der Waals surface area contributed by atoms with Gasteiger partial charge in [0.05, 0.1) is 18.3 Å². The summed E-state index contributed by atoms with van der Waals surface area (Å²) in [7, 11) is -2.36. The van der Waals surface area contributed by atoms with Crippen molar-refractivity contribution < 1.29 is 17.6 Å². The number of methoxy groups -OCH3 is 1. The van der Waals surface area contributed by atoms with Gasteiger partial charge in [-0.2, -0.15) is 4.98 Å². The van der Waals surface area contributed by atoms with Gasteiger partial charge < -0.3 is 19.0 Å². The van der Waals surface area contributed by atoms with E-state index >= 15 is 0 Å². The molecule has 2 heterocycles. The lowest BCUT2D eigenvalue weighted by atomic mass is 10.2. The molecular formula is C22H21ClN4O4S. The third-order valence-corrected chi connectivity index (χ3v) is 6.68. The summed E-state index contributed by atoms with van der Waals surface area (Å²) < 4.78 is 39.6. The van der Waals surface area contributed by atoms with Crippen LogP contribution in [0.25, 0.3) is 11.5 Å². The number of ether oxygens (including phenoxy) is 1. The minimum atomic E-state index is -3.93. The zero-order chi connectivity index (χ0) is 22.6. The summed E-state index contributed by atoms with van der Waals surface area (Å²) in [6.45, 7) is 1.21. The van der Waals surface area contributed by atoms with Gasteiger partial charge in [0.25, 0.3) is 0 Å². The molecule has 1 N–H and O–H groups in total. The minimum Gasteiger partial charge on any atom is -0.497 e. The van der Waals surface area contributed by atoms with Gasteiger partial charge in [-0.1, -0.05) is 11.6 Å². The molecule has 0 spiro atoms. The molecule has 0 aliphatic rings. The number of imidazole rings is 1. The Balaban J connectivity index is 1.64. The summed E-state index contributed by atoms with van der Waals surface area (Å²) in [5, 5.41) is 3.36. The maximum Gasteiger partial charge on any atom is 0.233 e. The molecular weight excluding hydrogens is 452 g/mol. The summed E-state index contributed by atoms with van der Waals surface area (Å²) in [5.41, 5.74) is 0.629. The molecule has 0 radical (unpaired) electrons. The number of anilines is 1. The summed E-state index contributed by atoms with van der Waals surface area (Å²) in [5.74, 6) is 0.959. The maximum atomic E-state index is 13.3. The number of aryl methyl sites for hydroxylation is 1. The first kappa shape index (κ1) is 21.9. The summed E-state index contributed by atoms with van der Waals surface area (Å²) >= 11 is 5.92.